The van der Waals surface area contributed by atoms with E-state index in [9.17, 15) is 4.79 Å². The van der Waals surface area contributed by atoms with E-state index in [-0.39, 0.29) is 11.8 Å². The molecule has 5 heteroatoms. The van der Waals surface area contributed by atoms with Gasteiger partial charge in [0.1, 0.15) is 11.9 Å². The van der Waals surface area contributed by atoms with Crippen LogP contribution in [0.25, 0.3) is 0 Å². The van der Waals surface area contributed by atoms with Gasteiger partial charge in [-0.25, -0.2) is 4.98 Å². The molecule has 0 aliphatic carbocycles. The maximum atomic E-state index is 13.2. The van der Waals surface area contributed by atoms with E-state index in [1.807, 2.05) is 48.7 Å². The molecule has 0 unspecified atom stereocenters. The van der Waals surface area contributed by atoms with Crippen LogP contribution >= 0.6 is 0 Å². The third-order valence-corrected chi connectivity index (χ3v) is 6.10. The number of pyridine rings is 1. The summed E-state index contributed by atoms with van der Waals surface area (Å²) in [5, 5.41) is 6.46. The first-order valence-corrected chi connectivity index (χ1v) is 11.4. The summed E-state index contributed by atoms with van der Waals surface area (Å²) in [5.74, 6) is 1.48. The lowest BCUT2D eigenvalue weighted by atomic mass is 9.98. The Bertz CT molecular complexity index is 1010. The van der Waals surface area contributed by atoms with Crippen molar-refractivity contribution >= 4 is 17.4 Å². The molecule has 0 spiro atoms. The van der Waals surface area contributed by atoms with Crippen molar-refractivity contribution in [2.75, 3.05) is 29.9 Å². The molecule has 1 aromatic heterocycles. The van der Waals surface area contributed by atoms with Crippen LogP contribution in [-0.4, -0.2) is 30.5 Å². The van der Waals surface area contributed by atoms with Gasteiger partial charge in [0.05, 0.1) is 11.9 Å². The topological polar surface area (TPSA) is 57.3 Å². The van der Waals surface area contributed by atoms with Crippen molar-refractivity contribution in [2.45, 2.75) is 32.7 Å². The maximum Gasteiger partial charge on any atom is 0.247 e. The summed E-state index contributed by atoms with van der Waals surface area (Å²) in [6.07, 6.45) is 1.84. The van der Waals surface area contributed by atoms with Gasteiger partial charge in [0.15, 0.2) is 0 Å². The molecule has 2 atom stereocenters. The predicted molar refractivity (Wildman–Crippen MR) is 131 cm³/mol. The first-order chi connectivity index (χ1) is 15.5. The van der Waals surface area contributed by atoms with Crippen LogP contribution in [0.1, 0.15) is 42.5 Å². The lowest BCUT2D eigenvalue weighted by Gasteiger charge is -2.38. The molecule has 1 aliphatic heterocycles. The third-order valence-electron chi connectivity index (χ3n) is 6.10. The summed E-state index contributed by atoms with van der Waals surface area (Å²) in [5.41, 5.74) is 4.54. The molecule has 4 rings (SSSR count). The molecule has 2 N–H and O–H groups in total. The summed E-state index contributed by atoms with van der Waals surface area (Å²) in [7, 11) is 0. The second-order valence-electron chi connectivity index (χ2n) is 8.96. The second-order valence-corrected chi connectivity index (χ2v) is 8.96. The van der Waals surface area contributed by atoms with Crippen LogP contribution in [0.4, 0.5) is 11.5 Å². The molecule has 0 saturated carbocycles. The highest BCUT2D eigenvalue weighted by molar-refractivity contribution is 5.94. The van der Waals surface area contributed by atoms with E-state index in [4.69, 9.17) is 0 Å². The fraction of sp³-hybridized carbons (Fsp3) is 0.333. The van der Waals surface area contributed by atoms with Crippen LogP contribution in [0.3, 0.4) is 0 Å². The third kappa shape index (κ3) is 5.35. The number of nitrogens with one attached hydrogen (secondary N) is 2. The van der Waals surface area contributed by atoms with Crippen molar-refractivity contribution in [2.24, 2.45) is 5.92 Å². The van der Waals surface area contributed by atoms with E-state index in [0.717, 1.165) is 30.3 Å². The number of rotatable bonds is 8. The number of aromatic nitrogens is 1. The molecule has 32 heavy (non-hydrogen) atoms. The molecule has 166 valence electrons. The Hall–Kier alpha value is -3.18. The number of hydrogen-bond acceptors (Lipinski definition) is 4. The molecular formula is C27H32N4O. The highest BCUT2D eigenvalue weighted by atomic mass is 16.2. The Morgan fingerprint density at radius 2 is 1.75 bits per heavy atom. The van der Waals surface area contributed by atoms with Gasteiger partial charge >= 0.3 is 0 Å². The van der Waals surface area contributed by atoms with E-state index < -0.39 is 6.04 Å². The van der Waals surface area contributed by atoms with Crippen molar-refractivity contribution in [3.8, 4) is 0 Å². The molecule has 3 aromatic rings. The number of aryl methyl sites for hydroxylation is 1. The number of benzene rings is 2. The van der Waals surface area contributed by atoms with Crippen LogP contribution < -0.4 is 15.5 Å². The summed E-state index contributed by atoms with van der Waals surface area (Å²) in [6, 6.07) is 21.9. The lowest BCUT2D eigenvalue weighted by molar-refractivity contribution is -0.118. The van der Waals surface area contributed by atoms with E-state index in [1.165, 1.54) is 11.1 Å². The molecule has 2 heterocycles. The van der Waals surface area contributed by atoms with Gasteiger partial charge in [0.25, 0.3) is 0 Å². The van der Waals surface area contributed by atoms with Crippen LogP contribution in [0, 0.1) is 12.8 Å². The van der Waals surface area contributed by atoms with Crippen LogP contribution in [0.15, 0.2) is 72.9 Å². The van der Waals surface area contributed by atoms with Gasteiger partial charge in [-0.2, -0.15) is 0 Å². The Morgan fingerprint density at radius 3 is 2.38 bits per heavy atom. The Balaban J connectivity index is 1.43. The number of nitrogens with zero attached hydrogens (tertiary/aromatic N) is 2. The number of hydrogen-bond donors (Lipinski definition) is 2. The van der Waals surface area contributed by atoms with Gasteiger partial charge < -0.3 is 15.5 Å². The Kier molecular flexibility index (Phi) is 6.86. The van der Waals surface area contributed by atoms with Crippen molar-refractivity contribution in [1.82, 2.24) is 10.3 Å². The normalized spacial score (nSPS) is 15.7. The number of carbonyl (C=O) groups is 1. The lowest BCUT2D eigenvalue weighted by Crippen LogP contribution is -2.45. The zero-order valence-corrected chi connectivity index (χ0v) is 19.1. The predicted octanol–water partition coefficient (Wildman–Crippen LogP) is 4.92. The maximum absolute atomic E-state index is 13.2. The van der Waals surface area contributed by atoms with Crippen LogP contribution in [0.5, 0.6) is 0 Å². The molecule has 2 aromatic carbocycles. The van der Waals surface area contributed by atoms with Crippen LogP contribution in [-0.2, 0) is 4.79 Å². The zero-order valence-electron chi connectivity index (χ0n) is 19.1. The first kappa shape index (κ1) is 22.0. The average molecular weight is 429 g/mol. The largest absolute Gasteiger partial charge is 0.370 e. The fourth-order valence-electron chi connectivity index (χ4n) is 4.07. The molecule has 1 fully saturated rings. The minimum atomic E-state index is -0.457. The smallest absolute Gasteiger partial charge is 0.247 e. The monoisotopic (exact) mass is 428 g/mol. The number of anilines is 2. The van der Waals surface area contributed by atoms with Gasteiger partial charge in [0.2, 0.25) is 5.91 Å². The number of carbonyl (C=O) groups excluding carboxylic acids is 1. The molecule has 1 aliphatic rings. The van der Waals surface area contributed by atoms with Crippen molar-refractivity contribution in [3.05, 3.63) is 89.6 Å². The van der Waals surface area contributed by atoms with Gasteiger partial charge in [-0.15, -0.1) is 0 Å². The van der Waals surface area contributed by atoms with Gasteiger partial charge in [0, 0.05) is 19.6 Å². The van der Waals surface area contributed by atoms with E-state index in [1.54, 1.807) is 0 Å². The fourth-order valence-corrected chi connectivity index (χ4v) is 4.07. The second kappa shape index (κ2) is 9.96. The van der Waals surface area contributed by atoms with E-state index >= 15 is 0 Å². The standard InChI is InChI=1S/C27H32N4O/c1-19-9-11-22(12-10-19)21(3)15-29-26(23-7-5-4-6-8-23)27(32)30-25-14-13-24(16-28-25)31-17-20(2)18-31/h4-14,16,20-21,26,29H,15,17-18H2,1-3H3,(H,28,30,32)/t21-,26-/m0/s1. The minimum Gasteiger partial charge on any atom is -0.370 e. The summed E-state index contributed by atoms with van der Waals surface area (Å²) in [4.78, 5) is 20.0. The Labute approximate surface area is 190 Å². The Morgan fingerprint density at radius 1 is 1.03 bits per heavy atom. The molecule has 0 bridgehead atoms. The molecule has 0 radical (unpaired) electrons. The zero-order chi connectivity index (χ0) is 22.5. The summed E-state index contributed by atoms with van der Waals surface area (Å²) in [6.45, 7) is 9.32. The van der Waals surface area contributed by atoms with Gasteiger partial charge in [-0.05, 0) is 42.0 Å². The molecule has 5 nitrogen and oxygen atoms in total. The van der Waals surface area contributed by atoms with Crippen molar-refractivity contribution in [1.29, 1.82) is 0 Å². The SMILES string of the molecule is Cc1ccc([C@@H](C)CN[C@H](C(=O)Nc2ccc(N3CC(C)C3)cn2)c2ccccc2)cc1. The highest BCUT2D eigenvalue weighted by Gasteiger charge is 2.24. The minimum absolute atomic E-state index is 0.106. The van der Waals surface area contributed by atoms with E-state index in [0.29, 0.717) is 12.4 Å². The molecular weight excluding hydrogens is 396 g/mol. The summed E-state index contributed by atoms with van der Waals surface area (Å²) >= 11 is 0. The van der Waals surface area contributed by atoms with Crippen molar-refractivity contribution < 1.29 is 4.79 Å². The van der Waals surface area contributed by atoms with Gasteiger partial charge in [-0.1, -0.05) is 74.0 Å². The molecule has 1 saturated heterocycles. The first-order valence-electron chi connectivity index (χ1n) is 11.4. The molecule has 1 amide bonds. The quantitative estimate of drug-likeness (QED) is 0.535. The van der Waals surface area contributed by atoms with Gasteiger partial charge in [-0.3, -0.25) is 4.79 Å². The number of amides is 1. The summed E-state index contributed by atoms with van der Waals surface area (Å²) < 4.78 is 0. The van der Waals surface area contributed by atoms with E-state index in [2.05, 4.69) is 65.6 Å². The average Bonchev–Trinajstić information content (AvgIpc) is 2.79. The van der Waals surface area contributed by atoms with Crippen molar-refractivity contribution in [3.63, 3.8) is 0 Å². The highest BCUT2D eigenvalue weighted by Crippen LogP contribution is 2.25. The van der Waals surface area contributed by atoms with Crippen LogP contribution in [0.2, 0.25) is 0 Å².